The van der Waals surface area contributed by atoms with Gasteiger partial charge in [0, 0.05) is 11.5 Å². The smallest absolute Gasteiger partial charge is 0.335 e. The van der Waals surface area contributed by atoms with Crippen molar-refractivity contribution in [2.75, 3.05) is 0 Å². The molecule has 1 aromatic rings. The predicted octanol–water partition coefficient (Wildman–Crippen LogP) is 4.26. The maximum atomic E-state index is 11.4. The SMILES string of the molecule is C[C@]12CCC(O)C[C@H]1CC[C@@H]1[C@@H]2CC[C@]2(C)[C@@H](c3ccc(=O)oc3)C[C@H]3O[C@]132. The van der Waals surface area contributed by atoms with E-state index in [0.29, 0.717) is 29.3 Å². The molecule has 4 heteroatoms. The van der Waals surface area contributed by atoms with Crippen molar-refractivity contribution in [1.82, 2.24) is 0 Å². The first-order valence-electron chi connectivity index (χ1n) is 11.3. The zero-order valence-electron chi connectivity index (χ0n) is 17.0. The minimum Gasteiger partial charge on any atom is -0.431 e. The van der Waals surface area contributed by atoms with Gasteiger partial charge in [-0.1, -0.05) is 13.8 Å². The van der Waals surface area contributed by atoms with Crippen molar-refractivity contribution in [2.45, 2.75) is 88.9 Å². The molecule has 4 aliphatic carbocycles. The van der Waals surface area contributed by atoms with E-state index in [9.17, 15) is 9.90 Å². The Kier molecular flexibility index (Phi) is 3.49. The number of fused-ring (bicyclic) bond motifs is 3. The quantitative estimate of drug-likeness (QED) is 0.735. The molecular formula is C24H32O4. The van der Waals surface area contributed by atoms with Crippen LogP contribution in [0.4, 0.5) is 0 Å². The lowest BCUT2D eigenvalue weighted by Gasteiger charge is -2.61. The van der Waals surface area contributed by atoms with Crippen molar-refractivity contribution in [2.24, 2.45) is 28.6 Å². The molecule has 2 heterocycles. The summed E-state index contributed by atoms with van der Waals surface area (Å²) in [5.74, 6) is 2.48. The fourth-order valence-electron chi connectivity index (χ4n) is 8.74. The molecule has 4 saturated carbocycles. The number of ether oxygens (including phenoxy) is 1. The molecule has 28 heavy (non-hydrogen) atoms. The van der Waals surface area contributed by atoms with Crippen molar-refractivity contribution in [3.63, 3.8) is 0 Å². The van der Waals surface area contributed by atoms with Crippen LogP contribution < -0.4 is 5.63 Å². The molecule has 152 valence electrons. The number of hydrogen-bond donors (Lipinski definition) is 1. The Balaban J connectivity index is 1.36. The van der Waals surface area contributed by atoms with E-state index < -0.39 is 0 Å². The molecule has 5 aliphatic rings. The first-order chi connectivity index (χ1) is 13.4. The van der Waals surface area contributed by atoms with Crippen LogP contribution in [0.25, 0.3) is 0 Å². The second kappa shape index (κ2) is 5.51. The molecule has 5 fully saturated rings. The molecule has 1 aromatic heterocycles. The number of epoxide rings is 1. The van der Waals surface area contributed by atoms with Crippen molar-refractivity contribution in [3.05, 3.63) is 34.4 Å². The normalized spacial score (nSPS) is 54.2. The molecule has 6 rings (SSSR count). The average Bonchev–Trinajstić information content (AvgIpc) is 3.33. The highest BCUT2D eigenvalue weighted by molar-refractivity contribution is 5.35. The fraction of sp³-hybridized carbons (Fsp3) is 0.792. The number of hydrogen-bond acceptors (Lipinski definition) is 4. The van der Waals surface area contributed by atoms with Crippen LogP contribution in [0.2, 0.25) is 0 Å². The first kappa shape index (κ1) is 17.7. The van der Waals surface area contributed by atoms with Gasteiger partial charge in [0.1, 0.15) is 5.60 Å². The van der Waals surface area contributed by atoms with Gasteiger partial charge >= 0.3 is 5.63 Å². The van der Waals surface area contributed by atoms with Gasteiger partial charge in [-0.2, -0.15) is 0 Å². The predicted molar refractivity (Wildman–Crippen MR) is 105 cm³/mol. The van der Waals surface area contributed by atoms with Crippen LogP contribution in [0.15, 0.2) is 27.6 Å². The molecule has 1 saturated heterocycles. The summed E-state index contributed by atoms with van der Waals surface area (Å²) >= 11 is 0. The summed E-state index contributed by atoms with van der Waals surface area (Å²) in [6, 6.07) is 3.55. The summed E-state index contributed by atoms with van der Waals surface area (Å²) in [5.41, 5.74) is 1.44. The number of aliphatic hydroxyl groups excluding tert-OH is 1. The van der Waals surface area contributed by atoms with Crippen LogP contribution >= 0.6 is 0 Å². The fourth-order valence-corrected chi connectivity index (χ4v) is 8.74. The van der Waals surface area contributed by atoms with E-state index >= 15 is 0 Å². The molecule has 1 spiro atoms. The summed E-state index contributed by atoms with van der Waals surface area (Å²) in [6.45, 7) is 4.97. The van der Waals surface area contributed by atoms with Crippen molar-refractivity contribution >= 4 is 0 Å². The first-order valence-corrected chi connectivity index (χ1v) is 11.3. The molecule has 0 bridgehead atoms. The highest BCUT2D eigenvalue weighted by Gasteiger charge is 2.80. The van der Waals surface area contributed by atoms with Crippen molar-refractivity contribution in [1.29, 1.82) is 0 Å². The maximum absolute atomic E-state index is 11.4. The maximum Gasteiger partial charge on any atom is 0.335 e. The van der Waals surface area contributed by atoms with Gasteiger partial charge in [0.15, 0.2) is 0 Å². The third-order valence-corrected chi connectivity index (χ3v) is 10.2. The Hall–Kier alpha value is -1.13. The summed E-state index contributed by atoms with van der Waals surface area (Å²) in [7, 11) is 0. The topological polar surface area (TPSA) is 63.0 Å². The van der Waals surface area contributed by atoms with Gasteiger partial charge in [-0.15, -0.1) is 0 Å². The molecule has 1 N–H and O–H groups in total. The van der Waals surface area contributed by atoms with Crippen LogP contribution in [-0.4, -0.2) is 22.9 Å². The Labute approximate surface area is 166 Å². The van der Waals surface area contributed by atoms with Gasteiger partial charge in [-0.05, 0) is 92.1 Å². The standard InChI is InChI=1S/C24H32O4/c1-22-9-7-16(25)11-15(22)4-5-18-17(22)8-10-23(2)19(12-20-24(18,23)28-20)14-3-6-21(26)27-13-14/h3,6,13,15-20,25H,4-5,7-12H2,1-2H3/t15-,16?,17+,18-,19-,20-,22+,23-,24-/m1/s1. The van der Waals surface area contributed by atoms with E-state index in [2.05, 4.69) is 13.8 Å². The van der Waals surface area contributed by atoms with Gasteiger partial charge in [-0.3, -0.25) is 0 Å². The number of rotatable bonds is 1. The molecule has 1 unspecified atom stereocenters. The second-order valence-electron chi connectivity index (χ2n) is 11.0. The zero-order valence-corrected chi connectivity index (χ0v) is 17.0. The van der Waals surface area contributed by atoms with Gasteiger partial charge in [0.05, 0.1) is 18.5 Å². The van der Waals surface area contributed by atoms with Gasteiger partial charge in [-0.25, -0.2) is 4.79 Å². The lowest BCUT2D eigenvalue weighted by molar-refractivity contribution is -0.139. The summed E-state index contributed by atoms with van der Waals surface area (Å²) in [5, 5.41) is 10.2. The van der Waals surface area contributed by atoms with Crippen molar-refractivity contribution in [3.8, 4) is 0 Å². The van der Waals surface area contributed by atoms with E-state index in [1.165, 1.54) is 37.7 Å². The molecule has 0 amide bonds. The molecule has 0 radical (unpaired) electrons. The highest BCUT2D eigenvalue weighted by Crippen LogP contribution is 2.77. The van der Waals surface area contributed by atoms with Crippen LogP contribution in [0, 0.1) is 28.6 Å². The van der Waals surface area contributed by atoms with Crippen molar-refractivity contribution < 1.29 is 14.3 Å². The Bertz CT molecular complexity index is 842. The Morgan fingerprint density at radius 1 is 1.04 bits per heavy atom. The lowest BCUT2D eigenvalue weighted by atomic mass is 9.44. The number of aliphatic hydroxyl groups is 1. The molecular weight excluding hydrogens is 352 g/mol. The van der Waals surface area contributed by atoms with Crippen LogP contribution in [0.1, 0.15) is 76.7 Å². The van der Waals surface area contributed by atoms with Gasteiger partial charge in [0.25, 0.3) is 0 Å². The third kappa shape index (κ3) is 2.01. The van der Waals surface area contributed by atoms with E-state index in [1.807, 2.05) is 6.07 Å². The van der Waals surface area contributed by atoms with Gasteiger partial charge < -0.3 is 14.3 Å². The monoisotopic (exact) mass is 384 g/mol. The van der Waals surface area contributed by atoms with Crippen LogP contribution in [-0.2, 0) is 4.74 Å². The summed E-state index contributed by atoms with van der Waals surface area (Å²) in [6.07, 6.45) is 11.1. The van der Waals surface area contributed by atoms with Gasteiger partial charge in [0.2, 0.25) is 0 Å². The second-order valence-corrected chi connectivity index (χ2v) is 11.0. The van der Waals surface area contributed by atoms with Crippen LogP contribution in [0.3, 0.4) is 0 Å². The minimum absolute atomic E-state index is 0.0285. The molecule has 0 aromatic carbocycles. The van der Waals surface area contributed by atoms with E-state index in [4.69, 9.17) is 9.15 Å². The van der Waals surface area contributed by atoms with E-state index in [1.54, 1.807) is 12.3 Å². The zero-order chi connectivity index (χ0) is 19.3. The minimum atomic E-state index is -0.266. The summed E-state index contributed by atoms with van der Waals surface area (Å²) < 4.78 is 11.8. The molecule has 1 aliphatic heterocycles. The van der Waals surface area contributed by atoms with E-state index in [0.717, 1.165) is 25.2 Å². The Morgan fingerprint density at radius 2 is 1.89 bits per heavy atom. The Morgan fingerprint density at radius 3 is 2.68 bits per heavy atom. The average molecular weight is 385 g/mol. The third-order valence-electron chi connectivity index (χ3n) is 10.2. The summed E-state index contributed by atoms with van der Waals surface area (Å²) in [4.78, 5) is 11.4. The molecule has 9 atom stereocenters. The van der Waals surface area contributed by atoms with Crippen LogP contribution in [0.5, 0.6) is 0 Å². The molecule has 4 nitrogen and oxygen atoms in total. The highest BCUT2D eigenvalue weighted by atomic mass is 16.6. The largest absolute Gasteiger partial charge is 0.431 e. The lowest BCUT2D eigenvalue weighted by Crippen LogP contribution is -2.58. The van der Waals surface area contributed by atoms with E-state index in [-0.39, 0.29) is 22.7 Å².